The van der Waals surface area contributed by atoms with E-state index in [9.17, 15) is 35.5 Å². The van der Waals surface area contributed by atoms with E-state index in [0.717, 1.165) is 0 Å². The fraction of sp³-hybridized carbons (Fsp3) is 0.875. The van der Waals surface area contributed by atoms with Crippen LogP contribution in [0.15, 0.2) is 12.2 Å². The zero-order valence-electron chi connectivity index (χ0n) is 28.2. The van der Waals surface area contributed by atoms with E-state index in [1.54, 1.807) is 6.55 Å². The first-order valence-corrected chi connectivity index (χ1v) is 31.4. The lowest BCUT2D eigenvalue weighted by Gasteiger charge is -2.46. The number of halogens is 7. The summed E-state index contributed by atoms with van der Waals surface area (Å²) in [4.78, 5) is 13.0. The minimum absolute atomic E-state index is 0.0476. The van der Waals surface area contributed by atoms with Crippen molar-refractivity contribution in [3.05, 3.63) is 12.2 Å². The summed E-state index contributed by atoms with van der Waals surface area (Å²) in [6.07, 6.45) is -8.44. The molecule has 0 aliphatic carbocycles. The first-order chi connectivity index (χ1) is 19.1. The van der Waals surface area contributed by atoms with Crippen molar-refractivity contribution >= 4 is 57.8 Å². The van der Waals surface area contributed by atoms with E-state index in [2.05, 4.69) is 6.58 Å². The van der Waals surface area contributed by atoms with Gasteiger partial charge in [0, 0.05) is 25.0 Å². The molecule has 1 atom stereocenters. The monoisotopic (exact) mass is 752 g/mol. The van der Waals surface area contributed by atoms with E-state index in [4.69, 9.17) is 25.9 Å². The summed E-state index contributed by atoms with van der Waals surface area (Å²) in [6.45, 7) is 26.5. The number of alkyl halides is 7. The Hall–Kier alpha value is -0.179. The van der Waals surface area contributed by atoms with Crippen LogP contribution in [0.1, 0.15) is 19.8 Å². The van der Waals surface area contributed by atoms with E-state index in [1.165, 1.54) is 20.0 Å². The van der Waals surface area contributed by atoms with Crippen molar-refractivity contribution in [2.24, 2.45) is 0 Å². The lowest BCUT2D eigenvalue weighted by atomic mass is 10.1. The second-order valence-electron chi connectivity index (χ2n) is 14.4. The molecule has 0 heterocycles. The van der Waals surface area contributed by atoms with Crippen LogP contribution in [0.3, 0.4) is 0 Å². The zero-order chi connectivity index (χ0) is 35.4. The molecule has 20 heteroatoms. The highest BCUT2D eigenvalue weighted by molar-refractivity contribution is 6.85. The summed E-state index contributed by atoms with van der Waals surface area (Å²) in [5, 5.41) is 0. The van der Waals surface area contributed by atoms with Crippen LogP contribution in [0, 0.1) is 0 Å². The third kappa shape index (κ3) is 15.6. The van der Waals surface area contributed by atoms with Crippen LogP contribution < -0.4 is 0 Å². The van der Waals surface area contributed by atoms with E-state index >= 15 is 0 Å². The fourth-order valence-electron chi connectivity index (χ4n) is 3.86. The summed E-state index contributed by atoms with van der Waals surface area (Å²) >= 11 is 0. The molecule has 0 bridgehead atoms. The molecule has 44 heavy (non-hydrogen) atoms. The molecular weight excluding hydrogens is 702 g/mol. The van der Waals surface area contributed by atoms with Gasteiger partial charge in [-0.3, -0.25) is 0 Å². The summed E-state index contributed by atoms with van der Waals surface area (Å²) in [5.41, 5.74) is -0.0476. The molecule has 0 aliphatic heterocycles. The maximum absolute atomic E-state index is 14.3. The largest absolute Gasteiger partial charge is 0.481 e. The minimum atomic E-state index is -6.45. The molecule has 0 amide bonds. The van der Waals surface area contributed by atoms with Crippen molar-refractivity contribution in [2.45, 2.75) is 134 Å². The van der Waals surface area contributed by atoms with Crippen molar-refractivity contribution in [3.63, 3.8) is 0 Å². The first kappa shape index (κ1) is 43.8. The van der Waals surface area contributed by atoms with Crippen molar-refractivity contribution in [1.29, 1.82) is 0 Å². The number of ether oxygens (including phenoxy) is 1. The second-order valence-corrected chi connectivity index (χ2v) is 37.2. The Bertz CT molecular complexity index is 964. The number of hydrogen-bond donors (Lipinski definition) is 0. The Balaban J connectivity index is 6.89. The Kier molecular flexibility index (Phi) is 14.9. The Labute approximate surface area is 265 Å². The molecular formula is C24H51F7O7Si6. The lowest BCUT2D eigenvalue weighted by molar-refractivity contribution is -0.355. The maximum atomic E-state index is 14.3. The van der Waals surface area contributed by atoms with Crippen LogP contribution in [0.25, 0.3) is 0 Å². The summed E-state index contributed by atoms with van der Waals surface area (Å²) in [7, 11) is -15.5. The number of carbonyl (C=O) groups excluding carboxylic acids is 1. The van der Waals surface area contributed by atoms with Crippen LogP contribution >= 0.6 is 0 Å². The third-order valence-electron chi connectivity index (χ3n) is 5.37. The number of rotatable bonds is 19. The number of hydrogen-bond acceptors (Lipinski definition) is 7. The first-order valence-electron chi connectivity index (χ1n) is 14.2. The highest BCUT2D eigenvalue weighted by Gasteiger charge is 2.72. The van der Waals surface area contributed by atoms with Crippen LogP contribution in [0.4, 0.5) is 30.7 Å². The average Bonchev–Trinajstić information content (AvgIpc) is 2.70. The highest BCUT2D eigenvalue weighted by atomic mass is 28.5. The second kappa shape index (κ2) is 14.9. The molecule has 0 aromatic carbocycles. The minimum Gasteiger partial charge on any atom is -0.461 e. The quantitative estimate of drug-likeness (QED) is 0.0329. The number of carbonyl (C=O) groups is 1. The van der Waals surface area contributed by atoms with Gasteiger partial charge in [0.05, 0.1) is 0 Å². The molecule has 0 N–H and O–H groups in total. The lowest BCUT2D eigenvalue weighted by Crippen LogP contribution is -2.62. The van der Waals surface area contributed by atoms with Gasteiger partial charge in [0.15, 0.2) is 33.3 Å². The van der Waals surface area contributed by atoms with Gasteiger partial charge in [-0.2, -0.15) is 30.7 Å². The van der Waals surface area contributed by atoms with Gasteiger partial charge in [0.25, 0.3) is 0 Å². The summed E-state index contributed by atoms with van der Waals surface area (Å²) in [6, 6.07) is -0.544. The van der Waals surface area contributed by atoms with Gasteiger partial charge in [-0.1, -0.05) is 6.58 Å². The van der Waals surface area contributed by atoms with E-state index < -0.39 is 94.3 Å². The summed E-state index contributed by atoms with van der Waals surface area (Å²) in [5.74, 6) is -14.9. The van der Waals surface area contributed by atoms with Crippen LogP contribution in [0.2, 0.25) is 90.7 Å². The predicted octanol–water partition coefficient (Wildman–Crippen LogP) is 8.24. The van der Waals surface area contributed by atoms with Gasteiger partial charge in [-0.15, -0.1) is 0 Å². The molecule has 0 rings (SSSR count). The molecule has 1 unspecified atom stereocenters. The molecule has 262 valence electrons. The predicted molar refractivity (Wildman–Crippen MR) is 172 cm³/mol. The topological polar surface area (TPSA) is 72.5 Å². The van der Waals surface area contributed by atoms with Gasteiger partial charge in [-0.05, 0) is 91.0 Å². The standard InChI is InChI=1S/C24H51F7O7Si6/c1-19(2)20(32)33-22(15-17-39-36-40(3,4)5,35-44(14,37-41(6,7)8)38-42(9,10)11)34-43(12,13)18-16-21(25,26)23(27,28)24(29,30)31/h1,15-18,39H2,2-14H3. The Morgan fingerprint density at radius 3 is 1.55 bits per heavy atom. The normalized spacial score (nSPS) is 16.4. The van der Waals surface area contributed by atoms with Gasteiger partial charge >= 0.3 is 38.8 Å². The third-order valence-corrected chi connectivity index (χ3v) is 21.2. The maximum Gasteiger partial charge on any atom is 0.481 e. The molecule has 0 spiro atoms. The molecule has 0 aliphatic rings. The van der Waals surface area contributed by atoms with Crippen molar-refractivity contribution in [1.82, 2.24) is 0 Å². The molecule has 0 fully saturated rings. The zero-order valence-corrected chi connectivity index (χ0v) is 34.7. The van der Waals surface area contributed by atoms with Crippen LogP contribution in [0.5, 0.6) is 0 Å². The molecule has 7 nitrogen and oxygen atoms in total. The Morgan fingerprint density at radius 1 is 0.727 bits per heavy atom. The average molecular weight is 753 g/mol. The van der Waals surface area contributed by atoms with Gasteiger partial charge < -0.3 is 25.9 Å². The molecule has 0 aromatic rings. The van der Waals surface area contributed by atoms with Crippen molar-refractivity contribution < 1.29 is 61.5 Å². The van der Waals surface area contributed by atoms with Gasteiger partial charge in [-0.25, -0.2) is 4.79 Å². The summed E-state index contributed by atoms with van der Waals surface area (Å²) < 4.78 is 132. The highest BCUT2D eigenvalue weighted by Crippen LogP contribution is 2.49. The molecule has 0 saturated heterocycles. The number of esters is 1. The molecule has 0 saturated carbocycles. The van der Waals surface area contributed by atoms with Crippen molar-refractivity contribution in [3.8, 4) is 0 Å². The van der Waals surface area contributed by atoms with Crippen molar-refractivity contribution in [2.75, 3.05) is 0 Å². The molecule has 0 radical (unpaired) electrons. The van der Waals surface area contributed by atoms with Gasteiger partial charge in [0.2, 0.25) is 0 Å². The van der Waals surface area contributed by atoms with Gasteiger partial charge in [0.1, 0.15) is 9.76 Å². The SMILES string of the molecule is C=C(C)C(=O)OC(CC[SiH2]O[Si](C)(C)C)(O[Si](C)(C)CCC(F)(F)C(F)(F)C(F)(F)F)O[Si](C)(O[Si](C)(C)C)O[Si](C)(C)C. The Morgan fingerprint density at radius 2 is 1.18 bits per heavy atom. The van der Waals surface area contributed by atoms with Crippen LogP contribution in [-0.4, -0.2) is 81.8 Å². The van der Waals surface area contributed by atoms with E-state index in [-0.39, 0.29) is 12.0 Å². The van der Waals surface area contributed by atoms with E-state index in [1.807, 2.05) is 58.9 Å². The van der Waals surface area contributed by atoms with Crippen LogP contribution in [-0.2, 0) is 30.7 Å². The smallest absolute Gasteiger partial charge is 0.461 e. The fourth-order valence-corrected chi connectivity index (χ4v) is 20.1. The van der Waals surface area contributed by atoms with E-state index in [0.29, 0.717) is 6.04 Å². The molecule has 0 aromatic heterocycles.